The Labute approximate surface area is 151 Å². The minimum atomic E-state index is -4.56. The Morgan fingerprint density at radius 2 is 1.80 bits per heavy atom. The van der Waals surface area contributed by atoms with Crippen LogP contribution >= 0.6 is 12.6 Å². The van der Waals surface area contributed by atoms with E-state index in [4.69, 9.17) is 9.39 Å². The van der Waals surface area contributed by atoms with Crippen molar-refractivity contribution < 1.29 is 27.0 Å². The number of hydrogen-bond acceptors (Lipinski definition) is 4. The van der Waals surface area contributed by atoms with Gasteiger partial charge in [-0.05, 0) is 58.5 Å². The second-order valence-electron chi connectivity index (χ2n) is 7.31. The topological polar surface area (TPSA) is 31.4 Å². The molecule has 0 bridgehead atoms. The summed E-state index contributed by atoms with van der Waals surface area (Å²) in [5.74, 6) is -1.61. The summed E-state index contributed by atoms with van der Waals surface area (Å²) in [7, 11) is 1.31. The van der Waals surface area contributed by atoms with E-state index in [0.29, 0.717) is 6.42 Å². The molecule has 1 radical (unpaired) electrons. The van der Waals surface area contributed by atoms with Gasteiger partial charge < -0.3 is 9.39 Å². The van der Waals surface area contributed by atoms with Crippen molar-refractivity contribution in [2.24, 2.45) is 0 Å². The van der Waals surface area contributed by atoms with Crippen molar-refractivity contribution in [3.63, 3.8) is 0 Å². The average molecular weight is 378 g/mol. The highest BCUT2D eigenvalue weighted by molar-refractivity contribution is 7.81. The number of ether oxygens (including phenoxy) is 1. The molecule has 1 aliphatic rings. The number of halogens is 4. The molecule has 1 heterocycles. The van der Waals surface area contributed by atoms with E-state index < -0.39 is 33.8 Å². The van der Waals surface area contributed by atoms with Crippen LogP contribution in [0.2, 0.25) is 0 Å². The summed E-state index contributed by atoms with van der Waals surface area (Å²) in [4.78, 5) is 3.69. The molecule has 25 heavy (non-hydrogen) atoms. The average Bonchev–Trinajstić information content (AvgIpc) is 2.39. The second-order valence-corrected chi connectivity index (χ2v) is 8.43. The van der Waals surface area contributed by atoms with E-state index in [0.717, 1.165) is 6.07 Å². The summed E-state index contributed by atoms with van der Waals surface area (Å²) in [5.41, 5.74) is -2.71. The number of nitrogens with zero attached hydrogens (tertiary/aromatic N) is 1. The number of pyridine rings is 1. The van der Waals surface area contributed by atoms with Crippen molar-refractivity contribution in [1.29, 1.82) is 0 Å². The van der Waals surface area contributed by atoms with Crippen molar-refractivity contribution >= 4 is 25.6 Å². The standard InChI is InChI=1S/C16H21BF4NO2S/c1-13(2,14(3,4)25)24-17-10-8-11(18)12(22-9-10)23-15(6-5-7-15)16(19,20)21/h8-9,25H,5-7H2,1-4H3. The third-order valence-electron chi connectivity index (χ3n) is 4.76. The van der Waals surface area contributed by atoms with Gasteiger partial charge >= 0.3 is 13.7 Å². The van der Waals surface area contributed by atoms with Gasteiger partial charge in [0.1, 0.15) is 0 Å². The van der Waals surface area contributed by atoms with E-state index >= 15 is 0 Å². The molecular formula is C16H21BF4NO2S. The number of alkyl halides is 3. The van der Waals surface area contributed by atoms with Crippen molar-refractivity contribution in [1.82, 2.24) is 4.98 Å². The van der Waals surface area contributed by atoms with Crippen molar-refractivity contribution in [3.05, 3.63) is 18.1 Å². The maximum Gasteiger partial charge on any atom is 0.428 e. The highest BCUT2D eigenvalue weighted by Gasteiger charge is 2.61. The van der Waals surface area contributed by atoms with Crippen LogP contribution in [0.3, 0.4) is 0 Å². The molecule has 0 aliphatic heterocycles. The van der Waals surface area contributed by atoms with Gasteiger partial charge in [0.25, 0.3) is 5.88 Å². The number of hydrogen-bond donors (Lipinski definition) is 1. The summed E-state index contributed by atoms with van der Waals surface area (Å²) < 4.78 is 63.5. The number of thiol groups is 1. The lowest BCUT2D eigenvalue weighted by atomic mass is 9.79. The molecule has 0 aromatic carbocycles. The van der Waals surface area contributed by atoms with E-state index in [2.05, 4.69) is 17.6 Å². The fourth-order valence-corrected chi connectivity index (χ4v) is 2.12. The van der Waals surface area contributed by atoms with Crippen LogP contribution in [0.5, 0.6) is 5.88 Å². The van der Waals surface area contributed by atoms with Gasteiger partial charge in [-0.2, -0.15) is 25.8 Å². The summed E-state index contributed by atoms with van der Waals surface area (Å²) >= 11 is 4.45. The zero-order chi connectivity index (χ0) is 19.1. The lowest BCUT2D eigenvalue weighted by Crippen LogP contribution is -2.55. The predicted octanol–water partition coefficient (Wildman–Crippen LogP) is 3.83. The maximum atomic E-state index is 14.1. The summed E-state index contributed by atoms with van der Waals surface area (Å²) in [6.45, 7) is 7.38. The first-order chi connectivity index (χ1) is 11.3. The van der Waals surface area contributed by atoms with Gasteiger partial charge in [-0.25, -0.2) is 9.37 Å². The van der Waals surface area contributed by atoms with Gasteiger partial charge in [0.05, 0.1) is 5.60 Å². The Kier molecular flexibility index (Phi) is 5.41. The molecule has 1 fully saturated rings. The van der Waals surface area contributed by atoms with Crippen LogP contribution in [0.15, 0.2) is 12.3 Å². The van der Waals surface area contributed by atoms with E-state index in [1.54, 1.807) is 0 Å². The van der Waals surface area contributed by atoms with Crippen LogP contribution in [0, 0.1) is 5.82 Å². The molecule has 139 valence electrons. The predicted molar refractivity (Wildman–Crippen MR) is 91.1 cm³/mol. The molecule has 0 spiro atoms. The molecule has 0 saturated heterocycles. The van der Waals surface area contributed by atoms with Crippen molar-refractivity contribution in [2.75, 3.05) is 0 Å². The first-order valence-electron chi connectivity index (χ1n) is 7.92. The Morgan fingerprint density at radius 3 is 2.20 bits per heavy atom. The molecule has 0 N–H and O–H groups in total. The molecule has 1 aromatic heterocycles. The van der Waals surface area contributed by atoms with E-state index in [-0.39, 0.29) is 18.3 Å². The lowest BCUT2D eigenvalue weighted by molar-refractivity contribution is -0.275. The molecule has 0 amide bonds. The Hall–Kier alpha value is -0.955. The minimum Gasteiger partial charge on any atom is -0.459 e. The zero-order valence-electron chi connectivity index (χ0n) is 14.6. The molecule has 1 saturated carbocycles. The molecule has 3 nitrogen and oxygen atoms in total. The highest BCUT2D eigenvalue weighted by atomic mass is 32.1. The molecule has 0 unspecified atom stereocenters. The van der Waals surface area contributed by atoms with Crippen LogP contribution in [-0.4, -0.2) is 34.6 Å². The van der Waals surface area contributed by atoms with Gasteiger partial charge in [0, 0.05) is 10.9 Å². The van der Waals surface area contributed by atoms with Gasteiger partial charge in [0.15, 0.2) is 5.82 Å². The fourth-order valence-electron chi connectivity index (χ4n) is 2.07. The SMILES string of the molecule is CC(C)(S)C(C)(C)O[B]c1cnc(OC2(C(F)(F)F)CCC2)c(F)c1. The monoisotopic (exact) mass is 378 g/mol. The summed E-state index contributed by atoms with van der Waals surface area (Å²) in [5, 5.41) is 0. The largest absolute Gasteiger partial charge is 0.459 e. The molecular weight excluding hydrogens is 357 g/mol. The fraction of sp³-hybridized carbons (Fsp3) is 0.688. The molecule has 1 aromatic rings. The van der Waals surface area contributed by atoms with Crippen LogP contribution in [0.1, 0.15) is 47.0 Å². The summed E-state index contributed by atoms with van der Waals surface area (Å²) in [6, 6.07) is 1.03. The molecule has 1 aliphatic carbocycles. The minimum absolute atomic E-state index is 0.195. The molecule has 9 heteroatoms. The lowest BCUT2D eigenvalue weighted by Gasteiger charge is -2.42. The van der Waals surface area contributed by atoms with Gasteiger partial charge in [-0.1, -0.05) is 0 Å². The van der Waals surface area contributed by atoms with E-state index in [9.17, 15) is 17.6 Å². The van der Waals surface area contributed by atoms with Crippen LogP contribution in [0.4, 0.5) is 17.6 Å². The van der Waals surface area contributed by atoms with Crippen molar-refractivity contribution in [2.45, 2.75) is 69.1 Å². The molecule has 2 rings (SSSR count). The van der Waals surface area contributed by atoms with Crippen LogP contribution in [-0.2, 0) is 4.65 Å². The number of aromatic nitrogens is 1. The third-order valence-corrected chi connectivity index (χ3v) is 5.30. The Morgan fingerprint density at radius 1 is 1.20 bits per heavy atom. The second kappa shape index (κ2) is 6.65. The Bertz CT molecular complexity index is 628. The normalized spacial score (nSPS) is 17.8. The quantitative estimate of drug-likeness (QED) is 0.464. The summed E-state index contributed by atoms with van der Waals surface area (Å²) in [6.07, 6.45) is -3.35. The maximum absolute atomic E-state index is 14.1. The van der Waals surface area contributed by atoms with Crippen LogP contribution in [0.25, 0.3) is 0 Å². The zero-order valence-corrected chi connectivity index (χ0v) is 15.5. The first kappa shape index (κ1) is 20.4. The first-order valence-corrected chi connectivity index (χ1v) is 8.37. The van der Waals surface area contributed by atoms with E-state index in [1.807, 2.05) is 27.7 Å². The van der Waals surface area contributed by atoms with Gasteiger partial charge in [0.2, 0.25) is 5.60 Å². The van der Waals surface area contributed by atoms with Crippen LogP contribution < -0.4 is 10.2 Å². The third kappa shape index (κ3) is 4.24. The highest BCUT2D eigenvalue weighted by Crippen LogP contribution is 2.48. The Balaban J connectivity index is 2.09. The number of rotatable bonds is 6. The van der Waals surface area contributed by atoms with E-state index in [1.165, 1.54) is 13.7 Å². The molecule has 0 atom stereocenters. The van der Waals surface area contributed by atoms with Gasteiger partial charge in [-0.15, -0.1) is 0 Å². The van der Waals surface area contributed by atoms with Crippen molar-refractivity contribution in [3.8, 4) is 5.88 Å². The smallest absolute Gasteiger partial charge is 0.428 e. The van der Waals surface area contributed by atoms with Gasteiger partial charge in [-0.3, -0.25) is 0 Å².